The lowest BCUT2D eigenvalue weighted by Crippen LogP contribution is -2.39. The lowest BCUT2D eigenvalue weighted by molar-refractivity contribution is -0.143. The van der Waals surface area contributed by atoms with Crippen molar-refractivity contribution in [1.29, 1.82) is 0 Å². The maximum atomic E-state index is 13.2. The van der Waals surface area contributed by atoms with Gasteiger partial charge in [0.05, 0.1) is 29.8 Å². The number of fused-ring (bicyclic) bond motifs is 1. The van der Waals surface area contributed by atoms with Crippen LogP contribution in [-0.4, -0.2) is 34.1 Å². The zero-order valence-corrected chi connectivity index (χ0v) is 20.8. The summed E-state index contributed by atoms with van der Waals surface area (Å²) in [5, 5.41) is 5.78. The Morgan fingerprint density at radius 2 is 1.94 bits per heavy atom. The van der Waals surface area contributed by atoms with Crippen molar-refractivity contribution in [1.82, 2.24) is 10.2 Å². The van der Waals surface area contributed by atoms with Gasteiger partial charge in [-0.3, -0.25) is 4.79 Å². The van der Waals surface area contributed by atoms with Gasteiger partial charge in [0.15, 0.2) is 5.17 Å². The molecule has 1 N–H and O–H groups in total. The third kappa shape index (κ3) is 5.09. The lowest BCUT2D eigenvalue weighted by atomic mass is 9.90. The Morgan fingerprint density at radius 1 is 1.22 bits per heavy atom. The maximum absolute atomic E-state index is 13.2. The van der Waals surface area contributed by atoms with Gasteiger partial charge in [0.1, 0.15) is 0 Å². The fraction of sp³-hybridized carbons (Fsp3) is 0.480. The molecule has 0 radical (unpaired) electrons. The average molecular weight is 456 g/mol. The monoisotopic (exact) mass is 455 g/mol. The van der Waals surface area contributed by atoms with Crippen LogP contribution < -0.4 is 5.32 Å². The van der Waals surface area contributed by atoms with E-state index in [1.165, 1.54) is 11.8 Å². The highest BCUT2D eigenvalue weighted by atomic mass is 32.2. The van der Waals surface area contributed by atoms with Crippen molar-refractivity contribution in [2.45, 2.75) is 79.5 Å². The molecular formula is C25H33N3O3S. The number of ether oxygens (including phenoxy) is 1. The third-order valence-electron chi connectivity index (χ3n) is 5.65. The second kappa shape index (κ2) is 9.94. The number of amidine groups is 1. The van der Waals surface area contributed by atoms with Crippen LogP contribution in [0.3, 0.4) is 0 Å². The van der Waals surface area contributed by atoms with Gasteiger partial charge in [-0.2, -0.15) is 0 Å². The van der Waals surface area contributed by atoms with E-state index < -0.39 is 6.04 Å². The van der Waals surface area contributed by atoms with E-state index in [0.717, 1.165) is 34.0 Å². The highest BCUT2D eigenvalue weighted by Crippen LogP contribution is 2.45. The summed E-state index contributed by atoms with van der Waals surface area (Å²) >= 11 is 1.49. The first-order valence-electron chi connectivity index (χ1n) is 11.1. The molecule has 0 bridgehead atoms. The smallest absolute Gasteiger partial charge is 0.338 e. The minimum atomic E-state index is -0.397. The third-order valence-corrected chi connectivity index (χ3v) is 6.54. The van der Waals surface area contributed by atoms with Crippen molar-refractivity contribution >= 4 is 28.8 Å². The number of benzene rings is 1. The summed E-state index contributed by atoms with van der Waals surface area (Å²) < 4.78 is 5.62. The Bertz CT molecular complexity index is 1010. The number of esters is 1. The Kier molecular flexibility index (Phi) is 7.49. The molecule has 2 heterocycles. The topological polar surface area (TPSA) is 71.0 Å². The van der Waals surface area contributed by atoms with Gasteiger partial charge in [-0.25, -0.2) is 9.79 Å². The number of rotatable bonds is 7. The number of allylic oxidation sites excluding steroid dienone is 1. The molecule has 2 aliphatic heterocycles. The maximum Gasteiger partial charge on any atom is 0.338 e. The number of amides is 1. The van der Waals surface area contributed by atoms with Crippen LogP contribution in [0.5, 0.6) is 0 Å². The molecule has 32 heavy (non-hydrogen) atoms. The van der Waals surface area contributed by atoms with Gasteiger partial charge in [-0.1, -0.05) is 42.4 Å². The number of nitrogens with zero attached hydrogens (tertiary/aromatic N) is 2. The first-order valence-corrected chi connectivity index (χ1v) is 12.0. The van der Waals surface area contributed by atoms with Crippen LogP contribution in [0.25, 0.3) is 0 Å². The lowest BCUT2D eigenvalue weighted by Gasteiger charge is -2.37. The van der Waals surface area contributed by atoms with E-state index in [2.05, 4.69) is 23.5 Å². The Morgan fingerprint density at radius 3 is 2.59 bits per heavy atom. The first kappa shape index (κ1) is 24.1. The van der Waals surface area contributed by atoms with Crippen molar-refractivity contribution in [2.24, 2.45) is 4.99 Å². The fourth-order valence-corrected chi connectivity index (χ4v) is 4.81. The SMILES string of the molecule is CC[C@@H](C)NC(=O)CC1=CSC2=NC(C)=C(C(=O)OC(C)C)[C@@H](c3cc(C)ccc3C)N12. The number of carbonyl (C=O) groups excluding carboxylic acids is 2. The van der Waals surface area contributed by atoms with Gasteiger partial charge < -0.3 is 15.0 Å². The molecule has 3 rings (SSSR count). The molecule has 2 atom stereocenters. The standard InChI is InChI=1S/C25H33N3O3S/c1-8-17(6)26-21(29)12-19-13-32-25-27-18(7)22(24(30)31-14(2)3)23(28(19)25)20-11-15(4)9-10-16(20)5/h9-11,13-14,17,23H,8,12H2,1-7H3,(H,26,29)/t17-,23-/m1/s1. The molecule has 0 unspecified atom stereocenters. The zero-order chi connectivity index (χ0) is 23.6. The number of aryl methyl sites for hydroxylation is 2. The molecule has 1 aromatic rings. The van der Waals surface area contributed by atoms with E-state index in [0.29, 0.717) is 11.3 Å². The van der Waals surface area contributed by atoms with Gasteiger partial charge in [0.25, 0.3) is 0 Å². The van der Waals surface area contributed by atoms with Gasteiger partial charge in [-0.15, -0.1) is 0 Å². The largest absolute Gasteiger partial charge is 0.459 e. The summed E-state index contributed by atoms with van der Waals surface area (Å²) in [5.41, 5.74) is 5.21. The van der Waals surface area contributed by atoms with Gasteiger partial charge in [-0.05, 0) is 64.5 Å². The molecule has 0 fully saturated rings. The van der Waals surface area contributed by atoms with E-state index in [-0.39, 0.29) is 30.4 Å². The molecular weight excluding hydrogens is 422 g/mol. The first-order chi connectivity index (χ1) is 15.1. The molecule has 0 saturated heterocycles. The molecule has 7 heteroatoms. The molecule has 0 saturated carbocycles. The molecule has 6 nitrogen and oxygen atoms in total. The fourth-order valence-electron chi connectivity index (χ4n) is 3.85. The minimum absolute atomic E-state index is 0.0373. The van der Waals surface area contributed by atoms with Crippen LogP contribution in [0.1, 0.15) is 70.2 Å². The van der Waals surface area contributed by atoms with Crippen LogP contribution in [0.4, 0.5) is 0 Å². The second-order valence-corrected chi connectivity index (χ2v) is 9.60. The Labute approximate surface area is 195 Å². The molecule has 2 aliphatic rings. The normalized spacial score (nSPS) is 18.9. The molecule has 0 spiro atoms. The van der Waals surface area contributed by atoms with Crippen molar-refractivity contribution < 1.29 is 14.3 Å². The van der Waals surface area contributed by atoms with Crippen molar-refractivity contribution in [2.75, 3.05) is 0 Å². The van der Waals surface area contributed by atoms with Crippen molar-refractivity contribution in [3.63, 3.8) is 0 Å². The van der Waals surface area contributed by atoms with Crippen molar-refractivity contribution in [3.05, 3.63) is 57.3 Å². The highest BCUT2D eigenvalue weighted by Gasteiger charge is 2.41. The summed E-state index contributed by atoms with van der Waals surface area (Å²) in [4.78, 5) is 32.7. The van der Waals surface area contributed by atoms with E-state index in [9.17, 15) is 9.59 Å². The predicted octanol–water partition coefficient (Wildman–Crippen LogP) is 5.13. The summed E-state index contributed by atoms with van der Waals surface area (Å²) in [7, 11) is 0. The van der Waals surface area contributed by atoms with E-state index >= 15 is 0 Å². The highest BCUT2D eigenvalue weighted by molar-refractivity contribution is 8.16. The molecule has 172 valence electrons. The van der Waals surface area contributed by atoms with Gasteiger partial charge in [0, 0.05) is 11.7 Å². The molecule has 1 aromatic carbocycles. The van der Waals surface area contributed by atoms with E-state index in [4.69, 9.17) is 9.73 Å². The number of thioether (sulfide) groups is 1. The predicted molar refractivity (Wildman–Crippen MR) is 130 cm³/mol. The molecule has 1 amide bonds. The quantitative estimate of drug-likeness (QED) is 0.577. The van der Waals surface area contributed by atoms with E-state index in [1.54, 1.807) is 0 Å². The Balaban J connectivity index is 2.06. The summed E-state index contributed by atoms with van der Waals surface area (Å²) in [6.07, 6.45) is 0.856. The van der Waals surface area contributed by atoms with Gasteiger partial charge >= 0.3 is 5.97 Å². The number of aliphatic imine (C=N–C) groups is 1. The molecule has 0 aliphatic carbocycles. The number of nitrogens with one attached hydrogen (secondary N) is 1. The van der Waals surface area contributed by atoms with Crippen LogP contribution in [0.15, 0.2) is 45.6 Å². The molecule has 0 aromatic heterocycles. The average Bonchev–Trinajstić information content (AvgIpc) is 3.09. The minimum Gasteiger partial charge on any atom is -0.459 e. The van der Waals surface area contributed by atoms with Crippen LogP contribution in [0.2, 0.25) is 0 Å². The zero-order valence-electron chi connectivity index (χ0n) is 20.0. The van der Waals surface area contributed by atoms with Crippen LogP contribution in [-0.2, 0) is 14.3 Å². The summed E-state index contributed by atoms with van der Waals surface area (Å²) in [5.74, 6) is -0.406. The Hall–Kier alpha value is -2.54. The number of hydrogen-bond donors (Lipinski definition) is 1. The summed E-state index contributed by atoms with van der Waals surface area (Å²) in [6, 6.07) is 5.96. The van der Waals surface area contributed by atoms with Crippen LogP contribution >= 0.6 is 11.8 Å². The summed E-state index contributed by atoms with van der Waals surface area (Å²) in [6.45, 7) is 13.7. The number of carbonyl (C=O) groups is 2. The second-order valence-electron chi connectivity index (χ2n) is 8.76. The van der Waals surface area contributed by atoms with Crippen molar-refractivity contribution in [3.8, 4) is 0 Å². The van der Waals surface area contributed by atoms with Crippen LogP contribution in [0, 0.1) is 13.8 Å². The number of hydrogen-bond acceptors (Lipinski definition) is 6. The van der Waals surface area contributed by atoms with Gasteiger partial charge in [0.2, 0.25) is 5.91 Å². The van der Waals surface area contributed by atoms with E-state index in [1.807, 2.05) is 58.8 Å².